The minimum Gasteiger partial charge on any atom is -0.493 e. The van der Waals surface area contributed by atoms with Crippen molar-refractivity contribution in [2.45, 2.75) is 31.6 Å². The van der Waals surface area contributed by atoms with Crippen molar-refractivity contribution in [3.05, 3.63) is 47.0 Å². The number of rotatable bonds is 7. The van der Waals surface area contributed by atoms with Crippen LogP contribution in [0, 0.1) is 0 Å². The average Bonchev–Trinajstić information content (AvgIpc) is 3.26. The predicted octanol–water partition coefficient (Wildman–Crippen LogP) is 4.66. The molecule has 1 aliphatic heterocycles. The van der Waals surface area contributed by atoms with E-state index in [0.717, 1.165) is 37.0 Å². The lowest BCUT2D eigenvalue weighted by atomic mass is 9.97. The van der Waals surface area contributed by atoms with Gasteiger partial charge in [0, 0.05) is 25.4 Å². The lowest BCUT2D eigenvalue weighted by Gasteiger charge is -2.31. The van der Waals surface area contributed by atoms with E-state index in [0.29, 0.717) is 36.0 Å². The van der Waals surface area contributed by atoms with Crippen LogP contribution < -0.4 is 14.2 Å². The molecule has 0 N–H and O–H groups in total. The molecule has 0 spiro atoms. The molecule has 7 heteroatoms. The van der Waals surface area contributed by atoms with Crippen LogP contribution in [-0.2, 0) is 11.2 Å². The number of aromatic nitrogens is 1. The molecular formula is C24H28N2O4S. The first-order valence-electron chi connectivity index (χ1n) is 10.6. The minimum absolute atomic E-state index is 0.180. The normalized spacial score (nSPS) is 14.6. The summed E-state index contributed by atoms with van der Waals surface area (Å²) in [7, 11) is 4.79. The Hall–Kier alpha value is -2.80. The highest BCUT2D eigenvalue weighted by Crippen LogP contribution is 2.40. The van der Waals surface area contributed by atoms with Gasteiger partial charge in [-0.3, -0.25) is 4.79 Å². The quantitative estimate of drug-likeness (QED) is 0.535. The summed E-state index contributed by atoms with van der Waals surface area (Å²) in [6.45, 7) is 1.56. The predicted molar refractivity (Wildman–Crippen MR) is 123 cm³/mol. The number of hydrogen-bond donors (Lipinski definition) is 0. The second-order valence-corrected chi connectivity index (χ2v) is 8.73. The van der Waals surface area contributed by atoms with Gasteiger partial charge in [-0.25, -0.2) is 4.98 Å². The number of nitrogens with zero attached hydrogens (tertiary/aromatic N) is 2. The fourth-order valence-electron chi connectivity index (χ4n) is 4.20. The zero-order valence-corrected chi connectivity index (χ0v) is 19.0. The molecule has 2 heterocycles. The van der Waals surface area contributed by atoms with E-state index in [1.54, 1.807) is 32.7 Å². The van der Waals surface area contributed by atoms with Crippen LogP contribution in [-0.4, -0.2) is 50.2 Å². The number of carbonyl (C=O) groups excluding carboxylic acids is 1. The number of piperidine rings is 1. The largest absolute Gasteiger partial charge is 0.493 e. The summed E-state index contributed by atoms with van der Waals surface area (Å²) >= 11 is 1.78. The third-order valence-corrected chi connectivity index (χ3v) is 7.10. The van der Waals surface area contributed by atoms with Gasteiger partial charge in [0.15, 0.2) is 11.5 Å². The van der Waals surface area contributed by atoms with Crippen LogP contribution in [0.5, 0.6) is 17.2 Å². The van der Waals surface area contributed by atoms with Crippen molar-refractivity contribution in [3.63, 3.8) is 0 Å². The molecule has 4 rings (SSSR count). The molecule has 0 unspecified atom stereocenters. The summed E-state index contributed by atoms with van der Waals surface area (Å²) in [4.78, 5) is 19.6. The SMILES string of the molecule is COc1ccc(CCC(=O)N2CCC(c3nc4ccccc4s3)CC2)c(OC)c1OC. The molecule has 164 valence electrons. The van der Waals surface area contributed by atoms with Crippen LogP contribution in [0.1, 0.15) is 35.8 Å². The van der Waals surface area contributed by atoms with Gasteiger partial charge < -0.3 is 19.1 Å². The van der Waals surface area contributed by atoms with Gasteiger partial charge in [-0.15, -0.1) is 11.3 Å². The van der Waals surface area contributed by atoms with Crippen LogP contribution >= 0.6 is 11.3 Å². The van der Waals surface area contributed by atoms with Crippen molar-refractivity contribution in [1.82, 2.24) is 9.88 Å². The number of ether oxygens (including phenoxy) is 3. The smallest absolute Gasteiger partial charge is 0.222 e. The van der Waals surface area contributed by atoms with E-state index in [-0.39, 0.29) is 5.91 Å². The standard InChI is InChI=1S/C24H28N2O4S/c1-28-19-10-8-16(22(29-2)23(19)30-3)9-11-21(27)26-14-12-17(13-15-26)24-25-18-6-4-5-7-20(18)31-24/h4-8,10,17H,9,11-15H2,1-3H3. The molecule has 0 aliphatic carbocycles. The third-order valence-electron chi connectivity index (χ3n) is 5.90. The Labute approximate surface area is 186 Å². The highest BCUT2D eigenvalue weighted by Gasteiger charge is 2.26. The minimum atomic E-state index is 0.180. The van der Waals surface area contributed by atoms with Gasteiger partial charge in [-0.05, 0) is 43.0 Å². The maximum atomic E-state index is 12.8. The Bertz CT molecular complexity index is 1020. The number of methoxy groups -OCH3 is 3. The van der Waals surface area contributed by atoms with Crippen molar-refractivity contribution in [3.8, 4) is 17.2 Å². The van der Waals surface area contributed by atoms with Crippen LogP contribution in [0.2, 0.25) is 0 Å². The summed E-state index contributed by atoms with van der Waals surface area (Å²) in [5.74, 6) is 2.43. The number of para-hydroxylation sites is 1. The van der Waals surface area contributed by atoms with Crippen molar-refractivity contribution >= 4 is 27.5 Å². The van der Waals surface area contributed by atoms with Gasteiger partial charge in [-0.2, -0.15) is 0 Å². The lowest BCUT2D eigenvalue weighted by molar-refractivity contribution is -0.132. The molecule has 31 heavy (non-hydrogen) atoms. The second kappa shape index (κ2) is 9.56. The molecule has 1 aromatic heterocycles. The first kappa shape index (κ1) is 21.4. The average molecular weight is 441 g/mol. The number of amides is 1. The number of aryl methyl sites for hydroxylation is 1. The molecule has 0 saturated carbocycles. The fraction of sp³-hybridized carbons (Fsp3) is 0.417. The first-order valence-corrected chi connectivity index (χ1v) is 11.4. The van der Waals surface area contributed by atoms with E-state index in [4.69, 9.17) is 19.2 Å². The molecule has 1 fully saturated rings. The Morgan fingerprint density at radius 1 is 1.03 bits per heavy atom. The highest BCUT2D eigenvalue weighted by molar-refractivity contribution is 7.18. The number of fused-ring (bicyclic) bond motifs is 1. The third kappa shape index (κ3) is 4.46. The topological polar surface area (TPSA) is 60.9 Å². The number of hydrogen-bond acceptors (Lipinski definition) is 6. The number of benzene rings is 2. The molecule has 0 radical (unpaired) electrons. The Kier molecular flexibility index (Phi) is 6.61. The summed E-state index contributed by atoms with van der Waals surface area (Å²) in [5, 5.41) is 1.20. The van der Waals surface area contributed by atoms with Crippen molar-refractivity contribution in [2.24, 2.45) is 0 Å². The summed E-state index contributed by atoms with van der Waals surface area (Å²) in [5.41, 5.74) is 2.02. The van der Waals surface area contributed by atoms with Gasteiger partial charge >= 0.3 is 0 Å². The molecule has 1 amide bonds. The number of carbonyl (C=O) groups is 1. The molecule has 1 saturated heterocycles. The first-order chi connectivity index (χ1) is 15.1. The lowest BCUT2D eigenvalue weighted by Crippen LogP contribution is -2.38. The van der Waals surface area contributed by atoms with Gasteiger partial charge in [0.2, 0.25) is 11.7 Å². The zero-order chi connectivity index (χ0) is 21.8. The fourth-order valence-corrected chi connectivity index (χ4v) is 5.34. The van der Waals surface area contributed by atoms with Gasteiger partial charge in [0.1, 0.15) is 0 Å². The van der Waals surface area contributed by atoms with Crippen molar-refractivity contribution in [2.75, 3.05) is 34.4 Å². The molecule has 0 bridgehead atoms. The summed E-state index contributed by atoms with van der Waals surface area (Å²) in [6, 6.07) is 12.1. The monoisotopic (exact) mass is 440 g/mol. The molecular weight excluding hydrogens is 412 g/mol. The zero-order valence-electron chi connectivity index (χ0n) is 18.2. The van der Waals surface area contributed by atoms with E-state index in [1.165, 1.54) is 9.71 Å². The Morgan fingerprint density at radius 3 is 2.45 bits per heavy atom. The molecule has 2 aromatic carbocycles. The van der Waals surface area contributed by atoms with E-state index < -0.39 is 0 Å². The van der Waals surface area contributed by atoms with Crippen molar-refractivity contribution < 1.29 is 19.0 Å². The maximum Gasteiger partial charge on any atom is 0.222 e. The molecule has 6 nitrogen and oxygen atoms in total. The van der Waals surface area contributed by atoms with Crippen LogP contribution in [0.3, 0.4) is 0 Å². The van der Waals surface area contributed by atoms with Crippen LogP contribution in [0.15, 0.2) is 36.4 Å². The number of likely N-dealkylation sites (tertiary alicyclic amines) is 1. The molecule has 3 aromatic rings. The Balaban J connectivity index is 1.35. The maximum absolute atomic E-state index is 12.8. The molecule has 1 aliphatic rings. The van der Waals surface area contributed by atoms with Crippen molar-refractivity contribution in [1.29, 1.82) is 0 Å². The highest BCUT2D eigenvalue weighted by atomic mass is 32.1. The van der Waals surface area contributed by atoms with Gasteiger partial charge in [0.25, 0.3) is 0 Å². The van der Waals surface area contributed by atoms with Crippen LogP contribution in [0.25, 0.3) is 10.2 Å². The van der Waals surface area contributed by atoms with E-state index in [9.17, 15) is 4.79 Å². The summed E-state index contributed by atoms with van der Waals surface area (Å²) in [6.07, 6.45) is 2.97. The van der Waals surface area contributed by atoms with E-state index in [1.807, 2.05) is 23.1 Å². The molecule has 0 atom stereocenters. The van der Waals surface area contributed by atoms with Gasteiger partial charge in [-0.1, -0.05) is 18.2 Å². The number of thiazole rings is 1. The van der Waals surface area contributed by atoms with E-state index in [2.05, 4.69) is 18.2 Å². The summed E-state index contributed by atoms with van der Waals surface area (Å²) < 4.78 is 17.6. The van der Waals surface area contributed by atoms with Crippen LogP contribution in [0.4, 0.5) is 0 Å². The second-order valence-electron chi connectivity index (χ2n) is 7.67. The Morgan fingerprint density at radius 2 is 1.77 bits per heavy atom. The van der Waals surface area contributed by atoms with E-state index >= 15 is 0 Å². The van der Waals surface area contributed by atoms with Gasteiger partial charge in [0.05, 0.1) is 36.6 Å².